The Balaban J connectivity index is 2.53. The van der Waals surface area contributed by atoms with Gasteiger partial charge < -0.3 is 4.74 Å². The second kappa shape index (κ2) is 3.35. The lowest BCUT2D eigenvalue weighted by molar-refractivity contribution is -0.132. The van der Waals surface area contributed by atoms with E-state index in [0.717, 1.165) is 13.0 Å². The molecule has 0 saturated carbocycles. The van der Waals surface area contributed by atoms with Crippen molar-refractivity contribution in [3.8, 4) is 0 Å². The third-order valence-corrected chi connectivity index (χ3v) is 2.24. The molecule has 2 heteroatoms. The van der Waals surface area contributed by atoms with Gasteiger partial charge in [0.2, 0.25) is 0 Å². The summed E-state index contributed by atoms with van der Waals surface area (Å²) in [6, 6.07) is 0. The zero-order chi connectivity index (χ0) is 8.43. The maximum Gasteiger partial charge on any atom is 0.164 e. The largest absolute Gasteiger partial charge is 0.370 e. The standard InChI is InChI=1S/C9H16O2/c1-6(2)8(10)9-7(3)4-5-11-9/h6-7,9H,4-5H2,1-3H3/t7-,9+/m1/s1. The van der Waals surface area contributed by atoms with E-state index in [2.05, 4.69) is 6.92 Å². The molecule has 0 amide bonds. The molecule has 0 unspecified atom stereocenters. The summed E-state index contributed by atoms with van der Waals surface area (Å²) >= 11 is 0. The molecule has 1 aliphatic rings. The van der Waals surface area contributed by atoms with Crippen LogP contribution in [0, 0.1) is 11.8 Å². The molecule has 1 fully saturated rings. The highest BCUT2D eigenvalue weighted by molar-refractivity contribution is 5.85. The number of Topliss-reactive ketones (excluding diaryl/α,β-unsaturated/α-hetero) is 1. The van der Waals surface area contributed by atoms with Gasteiger partial charge in [-0.1, -0.05) is 20.8 Å². The topological polar surface area (TPSA) is 26.3 Å². The summed E-state index contributed by atoms with van der Waals surface area (Å²) in [5, 5.41) is 0. The van der Waals surface area contributed by atoms with Gasteiger partial charge in [0.15, 0.2) is 5.78 Å². The molecule has 0 radical (unpaired) electrons. The highest BCUT2D eigenvalue weighted by Crippen LogP contribution is 2.22. The van der Waals surface area contributed by atoms with E-state index in [1.807, 2.05) is 13.8 Å². The van der Waals surface area contributed by atoms with Gasteiger partial charge in [-0.15, -0.1) is 0 Å². The molecule has 0 aromatic carbocycles. The van der Waals surface area contributed by atoms with E-state index in [1.54, 1.807) is 0 Å². The number of carbonyl (C=O) groups excluding carboxylic acids is 1. The van der Waals surface area contributed by atoms with Gasteiger partial charge in [0.05, 0.1) is 0 Å². The minimum Gasteiger partial charge on any atom is -0.370 e. The quantitative estimate of drug-likeness (QED) is 0.607. The second-order valence-corrected chi connectivity index (χ2v) is 3.61. The average Bonchev–Trinajstić information content (AvgIpc) is 2.33. The molecule has 0 bridgehead atoms. The van der Waals surface area contributed by atoms with Crippen LogP contribution in [-0.4, -0.2) is 18.5 Å². The van der Waals surface area contributed by atoms with E-state index in [0.29, 0.717) is 5.92 Å². The van der Waals surface area contributed by atoms with Crippen molar-refractivity contribution in [2.45, 2.75) is 33.3 Å². The molecule has 0 aliphatic carbocycles. The molecular weight excluding hydrogens is 140 g/mol. The highest BCUT2D eigenvalue weighted by Gasteiger charge is 2.31. The van der Waals surface area contributed by atoms with Crippen LogP contribution in [0.4, 0.5) is 0 Å². The summed E-state index contributed by atoms with van der Waals surface area (Å²) < 4.78 is 5.34. The smallest absolute Gasteiger partial charge is 0.164 e. The van der Waals surface area contributed by atoms with Gasteiger partial charge in [-0.05, 0) is 12.3 Å². The van der Waals surface area contributed by atoms with Gasteiger partial charge in [-0.25, -0.2) is 0 Å². The van der Waals surface area contributed by atoms with Crippen LogP contribution in [0.2, 0.25) is 0 Å². The van der Waals surface area contributed by atoms with Crippen molar-refractivity contribution in [1.82, 2.24) is 0 Å². The Kier molecular flexibility index (Phi) is 2.66. The van der Waals surface area contributed by atoms with Crippen LogP contribution in [0.15, 0.2) is 0 Å². The number of hydrogen-bond donors (Lipinski definition) is 0. The van der Waals surface area contributed by atoms with Gasteiger partial charge >= 0.3 is 0 Å². The minimum atomic E-state index is -0.116. The van der Waals surface area contributed by atoms with Crippen LogP contribution in [-0.2, 0) is 9.53 Å². The normalized spacial score (nSPS) is 31.3. The van der Waals surface area contributed by atoms with Crippen LogP contribution in [0.3, 0.4) is 0 Å². The first-order valence-corrected chi connectivity index (χ1v) is 4.28. The molecule has 1 saturated heterocycles. The molecule has 0 aromatic rings. The van der Waals surface area contributed by atoms with Crippen LogP contribution >= 0.6 is 0 Å². The van der Waals surface area contributed by atoms with E-state index in [9.17, 15) is 4.79 Å². The maximum absolute atomic E-state index is 11.4. The fourth-order valence-electron chi connectivity index (χ4n) is 1.39. The third-order valence-electron chi connectivity index (χ3n) is 2.24. The van der Waals surface area contributed by atoms with Gasteiger partial charge in [-0.2, -0.15) is 0 Å². The van der Waals surface area contributed by atoms with Crippen molar-refractivity contribution in [2.75, 3.05) is 6.61 Å². The van der Waals surface area contributed by atoms with Crippen LogP contribution in [0.5, 0.6) is 0 Å². The summed E-state index contributed by atoms with van der Waals surface area (Å²) in [5.41, 5.74) is 0. The second-order valence-electron chi connectivity index (χ2n) is 3.61. The minimum absolute atomic E-state index is 0.112. The van der Waals surface area contributed by atoms with Crippen molar-refractivity contribution in [1.29, 1.82) is 0 Å². The van der Waals surface area contributed by atoms with Crippen molar-refractivity contribution in [3.63, 3.8) is 0 Å². The average molecular weight is 156 g/mol. The molecule has 11 heavy (non-hydrogen) atoms. The Morgan fingerprint density at radius 3 is 2.55 bits per heavy atom. The van der Waals surface area contributed by atoms with Crippen molar-refractivity contribution < 1.29 is 9.53 Å². The summed E-state index contributed by atoms with van der Waals surface area (Å²) in [7, 11) is 0. The van der Waals surface area contributed by atoms with Crippen LogP contribution in [0.25, 0.3) is 0 Å². The molecule has 2 atom stereocenters. The Morgan fingerprint density at radius 2 is 2.18 bits per heavy atom. The molecule has 1 rings (SSSR count). The lowest BCUT2D eigenvalue weighted by Gasteiger charge is -2.14. The van der Waals surface area contributed by atoms with Gasteiger partial charge in [0.25, 0.3) is 0 Å². The third kappa shape index (κ3) is 1.80. The van der Waals surface area contributed by atoms with E-state index >= 15 is 0 Å². The predicted octanol–water partition coefficient (Wildman–Crippen LogP) is 1.64. The number of rotatable bonds is 2. The number of hydrogen-bond acceptors (Lipinski definition) is 2. The molecule has 2 nitrogen and oxygen atoms in total. The molecule has 64 valence electrons. The summed E-state index contributed by atoms with van der Waals surface area (Å²) in [6.07, 6.45) is 0.915. The van der Waals surface area contributed by atoms with Crippen molar-refractivity contribution in [2.24, 2.45) is 11.8 Å². The van der Waals surface area contributed by atoms with E-state index < -0.39 is 0 Å². The molecule has 1 heterocycles. The lowest BCUT2D eigenvalue weighted by Crippen LogP contribution is -2.28. The predicted molar refractivity (Wildman–Crippen MR) is 43.4 cm³/mol. The SMILES string of the molecule is CC(C)C(=O)[C@H]1OCC[C@H]1C. The van der Waals surface area contributed by atoms with E-state index in [1.165, 1.54) is 0 Å². The zero-order valence-electron chi connectivity index (χ0n) is 7.46. The lowest BCUT2D eigenvalue weighted by atomic mass is 9.94. The summed E-state index contributed by atoms with van der Waals surface area (Å²) in [6.45, 7) is 6.69. The Bertz CT molecular complexity index is 152. The molecular formula is C9H16O2. The van der Waals surface area contributed by atoms with Crippen LogP contribution < -0.4 is 0 Å². The number of carbonyl (C=O) groups is 1. The zero-order valence-corrected chi connectivity index (χ0v) is 7.46. The highest BCUT2D eigenvalue weighted by atomic mass is 16.5. The Labute approximate surface area is 67.9 Å². The first-order valence-electron chi connectivity index (χ1n) is 4.28. The van der Waals surface area contributed by atoms with E-state index in [4.69, 9.17) is 4.74 Å². The fraction of sp³-hybridized carbons (Fsp3) is 0.889. The van der Waals surface area contributed by atoms with Crippen molar-refractivity contribution >= 4 is 5.78 Å². The molecule has 0 N–H and O–H groups in total. The van der Waals surface area contributed by atoms with E-state index in [-0.39, 0.29) is 17.8 Å². The first kappa shape index (κ1) is 8.72. The molecule has 1 aliphatic heterocycles. The summed E-state index contributed by atoms with van der Waals surface area (Å²) in [4.78, 5) is 11.4. The summed E-state index contributed by atoms with van der Waals surface area (Å²) in [5.74, 6) is 0.792. The first-order chi connectivity index (χ1) is 5.13. The molecule has 0 spiro atoms. The monoisotopic (exact) mass is 156 g/mol. The fourth-order valence-corrected chi connectivity index (χ4v) is 1.39. The number of ketones is 1. The Hall–Kier alpha value is -0.370. The Morgan fingerprint density at radius 1 is 1.55 bits per heavy atom. The van der Waals surface area contributed by atoms with Crippen LogP contribution in [0.1, 0.15) is 27.2 Å². The van der Waals surface area contributed by atoms with Crippen molar-refractivity contribution in [3.05, 3.63) is 0 Å². The van der Waals surface area contributed by atoms with Gasteiger partial charge in [-0.3, -0.25) is 4.79 Å². The maximum atomic E-state index is 11.4. The molecule has 0 aromatic heterocycles. The van der Waals surface area contributed by atoms with Gasteiger partial charge in [0.1, 0.15) is 6.10 Å². The van der Waals surface area contributed by atoms with Gasteiger partial charge in [0, 0.05) is 12.5 Å². The number of ether oxygens (including phenoxy) is 1.